The van der Waals surface area contributed by atoms with Gasteiger partial charge in [0, 0.05) is 11.4 Å². The summed E-state index contributed by atoms with van der Waals surface area (Å²) in [5, 5.41) is 1.66. The Morgan fingerprint density at radius 2 is 1.94 bits per heavy atom. The average Bonchev–Trinajstić information content (AvgIpc) is 2.32. The third-order valence-corrected chi connectivity index (χ3v) is 3.50. The van der Waals surface area contributed by atoms with E-state index >= 15 is 0 Å². The minimum Gasteiger partial charge on any atom is -0.325 e. The second-order valence-corrected chi connectivity index (χ2v) is 4.67. The van der Waals surface area contributed by atoms with Crippen LogP contribution >= 0.6 is 23.4 Å². The van der Waals surface area contributed by atoms with Gasteiger partial charge in [0.25, 0.3) is 0 Å². The fourth-order valence-electron chi connectivity index (χ4n) is 1.27. The van der Waals surface area contributed by atoms with Gasteiger partial charge in [0.2, 0.25) is 0 Å². The van der Waals surface area contributed by atoms with E-state index in [2.05, 4.69) is 4.98 Å². The first kappa shape index (κ1) is 11.5. The predicted molar refractivity (Wildman–Crippen MR) is 67.7 cm³/mol. The molecular weight excluding hydrogens is 240 g/mol. The van der Waals surface area contributed by atoms with Crippen molar-refractivity contribution in [3.05, 3.63) is 53.2 Å². The zero-order chi connectivity index (χ0) is 11.4. The van der Waals surface area contributed by atoms with E-state index < -0.39 is 0 Å². The molecule has 4 heteroatoms. The van der Waals surface area contributed by atoms with Crippen LogP contribution in [0.5, 0.6) is 0 Å². The molecule has 2 N–H and O–H groups in total. The molecule has 0 radical (unpaired) electrons. The van der Waals surface area contributed by atoms with Gasteiger partial charge >= 0.3 is 0 Å². The lowest BCUT2D eigenvalue weighted by atomic mass is 10.4. The molecule has 1 heterocycles. The van der Waals surface area contributed by atoms with Crippen molar-refractivity contribution in [2.45, 2.75) is 16.5 Å². The quantitative estimate of drug-likeness (QED) is 0.908. The van der Waals surface area contributed by atoms with Gasteiger partial charge in [-0.15, -0.1) is 0 Å². The molecule has 2 rings (SSSR count). The summed E-state index contributed by atoms with van der Waals surface area (Å²) < 4.78 is 0. The van der Waals surface area contributed by atoms with E-state index in [4.69, 9.17) is 17.3 Å². The van der Waals surface area contributed by atoms with Crippen LogP contribution < -0.4 is 5.73 Å². The average molecular weight is 251 g/mol. The molecule has 2 nitrogen and oxygen atoms in total. The van der Waals surface area contributed by atoms with E-state index in [1.54, 1.807) is 11.8 Å². The second-order valence-electron chi connectivity index (χ2n) is 3.20. The minimum absolute atomic E-state index is 0.455. The monoisotopic (exact) mass is 250 g/mol. The first-order valence-corrected chi connectivity index (χ1v) is 6.07. The Morgan fingerprint density at radius 1 is 1.12 bits per heavy atom. The fourth-order valence-corrected chi connectivity index (χ4v) is 2.37. The van der Waals surface area contributed by atoms with Crippen molar-refractivity contribution in [2.75, 3.05) is 0 Å². The lowest BCUT2D eigenvalue weighted by molar-refractivity contribution is 0.942. The minimum atomic E-state index is 0.455. The Kier molecular flexibility index (Phi) is 3.83. The van der Waals surface area contributed by atoms with Crippen molar-refractivity contribution in [1.82, 2.24) is 4.98 Å². The van der Waals surface area contributed by atoms with Gasteiger partial charge in [-0.1, -0.05) is 41.6 Å². The standard InChI is InChI=1S/C12H11ClN2S/c13-10-5-1-2-6-11(10)16-12-7-3-4-9(8-14)15-12/h1-7H,8,14H2. The Labute approximate surface area is 104 Å². The van der Waals surface area contributed by atoms with E-state index in [1.807, 2.05) is 42.5 Å². The molecule has 16 heavy (non-hydrogen) atoms. The van der Waals surface area contributed by atoms with Gasteiger partial charge in [0.15, 0.2) is 0 Å². The Hall–Kier alpha value is -1.03. The number of nitrogens with zero attached hydrogens (tertiary/aromatic N) is 1. The van der Waals surface area contributed by atoms with Crippen molar-refractivity contribution >= 4 is 23.4 Å². The maximum absolute atomic E-state index is 6.07. The van der Waals surface area contributed by atoms with Gasteiger partial charge in [0.05, 0.1) is 10.7 Å². The van der Waals surface area contributed by atoms with Crippen molar-refractivity contribution in [3.8, 4) is 0 Å². The van der Waals surface area contributed by atoms with Gasteiger partial charge in [-0.3, -0.25) is 0 Å². The van der Waals surface area contributed by atoms with Crippen LogP contribution in [0.25, 0.3) is 0 Å². The molecule has 0 amide bonds. The molecule has 1 aromatic heterocycles. The molecule has 0 aliphatic carbocycles. The molecule has 2 aromatic rings. The third-order valence-electron chi connectivity index (χ3n) is 2.04. The van der Waals surface area contributed by atoms with Gasteiger partial charge in [-0.05, 0) is 24.3 Å². The molecule has 0 saturated carbocycles. The Morgan fingerprint density at radius 3 is 2.69 bits per heavy atom. The summed E-state index contributed by atoms with van der Waals surface area (Å²) in [6.07, 6.45) is 0. The highest BCUT2D eigenvalue weighted by atomic mass is 35.5. The molecule has 0 bridgehead atoms. The Bertz CT molecular complexity index is 488. The summed E-state index contributed by atoms with van der Waals surface area (Å²) in [4.78, 5) is 5.41. The van der Waals surface area contributed by atoms with E-state index in [9.17, 15) is 0 Å². The zero-order valence-corrected chi connectivity index (χ0v) is 10.1. The summed E-state index contributed by atoms with van der Waals surface area (Å²) in [7, 11) is 0. The highest BCUT2D eigenvalue weighted by molar-refractivity contribution is 7.99. The van der Waals surface area contributed by atoms with Crippen LogP contribution in [-0.4, -0.2) is 4.98 Å². The van der Waals surface area contributed by atoms with E-state index in [-0.39, 0.29) is 0 Å². The highest BCUT2D eigenvalue weighted by Gasteiger charge is 2.03. The number of aromatic nitrogens is 1. The summed E-state index contributed by atoms with van der Waals surface area (Å²) in [5.41, 5.74) is 6.43. The first-order chi connectivity index (χ1) is 7.79. The molecule has 0 spiro atoms. The molecule has 0 aliphatic rings. The van der Waals surface area contributed by atoms with Crippen molar-refractivity contribution < 1.29 is 0 Å². The van der Waals surface area contributed by atoms with E-state index in [0.717, 1.165) is 20.6 Å². The van der Waals surface area contributed by atoms with E-state index in [1.165, 1.54) is 0 Å². The van der Waals surface area contributed by atoms with E-state index in [0.29, 0.717) is 6.54 Å². The molecule has 82 valence electrons. The molecule has 0 atom stereocenters. The number of rotatable bonds is 3. The number of nitrogens with two attached hydrogens (primary N) is 1. The number of benzene rings is 1. The number of pyridine rings is 1. The van der Waals surface area contributed by atoms with Gasteiger partial charge < -0.3 is 5.73 Å². The number of halogens is 1. The normalized spacial score (nSPS) is 10.4. The van der Waals surface area contributed by atoms with Gasteiger partial charge in [-0.2, -0.15) is 0 Å². The number of hydrogen-bond acceptors (Lipinski definition) is 3. The second kappa shape index (κ2) is 5.34. The summed E-state index contributed by atoms with van der Waals surface area (Å²) in [6, 6.07) is 13.5. The number of hydrogen-bond donors (Lipinski definition) is 1. The first-order valence-electron chi connectivity index (χ1n) is 4.88. The SMILES string of the molecule is NCc1cccc(Sc2ccccc2Cl)n1. The van der Waals surface area contributed by atoms with Crippen molar-refractivity contribution in [1.29, 1.82) is 0 Å². The van der Waals surface area contributed by atoms with Crippen LogP contribution in [-0.2, 0) is 6.54 Å². The maximum atomic E-state index is 6.07. The smallest absolute Gasteiger partial charge is 0.101 e. The topological polar surface area (TPSA) is 38.9 Å². The summed E-state index contributed by atoms with van der Waals surface area (Å²) >= 11 is 7.62. The predicted octanol–water partition coefficient (Wildman–Crippen LogP) is 3.34. The summed E-state index contributed by atoms with van der Waals surface area (Å²) in [5.74, 6) is 0. The molecule has 0 unspecified atom stereocenters. The highest BCUT2D eigenvalue weighted by Crippen LogP contribution is 2.31. The van der Waals surface area contributed by atoms with Crippen LogP contribution in [0.4, 0.5) is 0 Å². The van der Waals surface area contributed by atoms with Crippen molar-refractivity contribution in [2.24, 2.45) is 5.73 Å². The molecule has 0 saturated heterocycles. The van der Waals surface area contributed by atoms with Crippen LogP contribution in [0, 0.1) is 0 Å². The molecule has 1 aromatic carbocycles. The largest absolute Gasteiger partial charge is 0.325 e. The lowest BCUT2D eigenvalue weighted by Gasteiger charge is -2.04. The lowest BCUT2D eigenvalue weighted by Crippen LogP contribution is -1.99. The van der Waals surface area contributed by atoms with Crippen LogP contribution in [0.15, 0.2) is 52.4 Å². The van der Waals surface area contributed by atoms with Gasteiger partial charge in [0.1, 0.15) is 5.03 Å². The summed E-state index contributed by atoms with van der Waals surface area (Å²) in [6.45, 7) is 0.455. The maximum Gasteiger partial charge on any atom is 0.101 e. The van der Waals surface area contributed by atoms with Crippen molar-refractivity contribution in [3.63, 3.8) is 0 Å². The molecular formula is C12H11ClN2S. The van der Waals surface area contributed by atoms with Gasteiger partial charge in [-0.25, -0.2) is 4.98 Å². The third kappa shape index (κ3) is 2.76. The zero-order valence-electron chi connectivity index (χ0n) is 8.56. The van der Waals surface area contributed by atoms with Crippen LogP contribution in [0.3, 0.4) is 0 Å². The fraction of sp³-hybridized carbons (Fsp3) is 0.0833. The van der Waals surface area contributed by atoms with Crippen LogP contribution in [0.2, 0.25) is 5.02 Å². The molecule has 0 aliphatic heterocycles. The Balaban J connectivity index is 2.24. The molecule has 0 fully saturated rings. The van der Waals surface area contributed by atoms with Crippen LogP contribution in [0.1, 0.15) is 5.69 Å².